The molecule has 1 aliphatic heterocycles. The number of nitrogens with zero attached hydrogens (tertiary/aromatic N) is 1. The van der Waals surface area contributed by atoms with Crippen molar-refractivity contribution in [2.75, 3.05) is 6.54 Å². The molecule has 25 heavy (non-hydrogen) atoms. The van der Waals surface area contributed by atoms with E-state index in [-0.39, 0.29) is 17.9 Å². The third kappa shape index (κ3) is 4.74. The Hall–Kier alpha value is -2.04. The summed E-state index contributed by atoms with van der Waals surface area (Å²) >= 11 is 0. The number of amides is 2. The van der Waals surface area contributed by atoms with Crippen molar-refractivity contribution in [2.45, 2.75) is 70.6 Å². The molecule has 0 unspecified atom stereocenters. The summed E-state index contributed by atoms with van der Waals surface area (Å²) in [5.41, 5.74) is 1.04. The highest BCUT2D eigenvalue weighted by atomic mass is 16.5. The van der Waals surface area contributed by atoms with Gasteiger partial charge in [-0.1, -0.05) is 18.6 Å². The zero-order valence-electron chi connectivity index (χ0n) is 15.0. The van der Waals surface area contributed by atoms with E-state index >= 15 is 0 Å². The Morgan fingerprint density at radius 3 is 2.48 bits per heavy atom. The third-order valence-corrected chi connectivity index (χ3v) is 5.20. The van der Waals surface area contributed by atoms with Gasteiger partial charge in [0.2, 0.25) is 11.8 Å². The molecule has 1 aromatic rings. The van der Waals surface area contributed by atoms with Crippen molar-refractivity contribution < 1.29 is 14.3 Å². The Balaban J connectivity index is 1.48. The van der Waals surface area contributed by atoms with Crippen LogP contribution in [-0.4, -0.2) is 35.4 Å². The summed E-state index contributed by atoms with van der Waals surface area (Å²) < 4.78 is 6.03. The summed E-state index contributed by atoms with van der Waals surface area (Å²) in [7, 11) is 0. The number of carbonyl (C=O) groups is 2. The quantitative estimate of drug-likeness (QED) is 0.893. The molecule has 5 nitrogen and oxygen atoms in total. The fourth-order valence-corrected chi connectivity index (χ4v) is 3.78. The van der Waals surface area contributed by atoms with E-state index in [9.17, 15) is 9.59 Å². The number of carbonyl (C=O) groups excluding carboxylic acids is 2. The van der Waals surface area contributed by atoms with Crippen LogP contribution in [0.2, 0.25) is 0 Å². The molecule has 0 bridgehead atoms. The summed E-state index contributed by atoms with van der Waals surface area (Å²) in [6.45, 7) is 2.68. The summed E-state index contributed by atoms with van der Waals surface area (Å²) in [4.78, 5) is 25.6. The van der Waals surface area contributed by atoms with E-state index in [0.717, 1.165) is 37.0 Å². The van der Waals surface area contributed by atoms with Gasteiger partial charge in [-0.05, 0) is 56.2 Å². The standard InChI is InChI=1S/C20H28N2O3/c1-15(23)22-13-5-8-19(22)20(24)21-14-16-9-11-18(12-10-16)25-17-6-3-2-4-7-17/h9-12,17,19H,2-8,13-14H2,1H3,(H,21,24)/t19-/m0/s1. The van der Waals surface area contributed by atoms with Crippen molar-refractivity contribution in [3.05, 3.63) is 29.8 Å². The summed E-state index contributed by atoms with van der Waals surface area (Å²) in [6.07, 6.45) is 8.11. The molecule has 136 valence electrons. The number of ether oxygens (including phenoxy) is 1. The van der Waals surface area contributed by atoms with Crippen molar-refractivity contribution in [1.29, 1.82) is 0 Å². The lowest BCUT2D eigenvalue weighted by atomic mass is 9.98. The molecule has 5 heteroatoms. The van der Waals surface area contributed by atoms with Gasteiger partial charge in [-0.25, -0.2) is 0 Å². The van der Waals surface area contributed by atoms with Crippen molar-refractivity contribution in [1.82, 2.24) is 10.2 Å². The van der Waals surface area contributed by atoms with Crippen molar-refractivity contribution in [2.24, 2.45) is 0 Å². The molecule has 0 aromatic heterocycles. The Bertz CT molecular complexity index is 593. The fourth-order valence-electron chi connectivity index (χ4n) is 3.78. The summed E-state index contributed by atoms with van der Waals surface area (Å²) in [5, 5.41) is 2.95. The number of benzene rings is 1. The van der Waals surface area contributed by atoms with E-state index in [1.54, 1.807) is 4.90 Å². The minimum Gasteiger partial charge on any atom is -0.490 e. The molecule has 0 radical (unpaired) electrons. The predicted molar refractivity (Wildman–Crippen MR) is 96.2 cm³/mol. The summed E-state index contributed by atoms with van der Waals surface area (Å²) in [6, 6.07) is 7.64. The minimum absolute atomic E-state index is 0.0261. The number of rotatable bonds is 5. The van der Waals surface area contributed by atoms with Gasteiger partial charge in [0.25, 0.3) is 0 Å². The third-order valence-electron chi connectivity index (χ3n) is 5.20. The van der Waals surface area contributed by atoms with Crippen LogP contribution in [0.4, 0.5) is 0 Å². The number of hydrogen-bond acceptors (Lipinski definition) is 3. The van der Waals surface area contributed by atoms with Crippen LogP contribution in [0.1, 0.15) is 57.4 Å². The SMILES string of the molecule is CC(=O)N1CCC[C@H]1C(=O)NCc1ccc(OC2CCCCC2)cc1. The molecule has 1 N–H and O–H groups in total. The Kier molecular flexibility index (Phi) is 5.95. The smallest absolute Gasteiger partial charge is 0.243 e. The average Bonchev–Trinajstić information content (AvgIpc) is 3.12. The van der Waals surface area contributed by atoms with Gasteiger partial charge in [0.1, 0.15) is 11.8 Å². The maximum absolute atomic E-state index is 12.3. The lowest BCUT2D eigenvalue weighted by Crippen LogP contribution is -2.44. The zero-order valence-corrected chi connectivity index (χ0v) is 15.0. The topological polar surface area (TPSA) is 58.6 Å². The lowest BCUT2D eigenvalue weighted by molar-refractivity contribution is -0.136. The number of hydrogen-bond donors (Lipinski definition) is 1. The molecule has 0 spiro atoms. The highest BCUT2D eigenvalue weighted by molar-refractivity contribution is 5.87. The van der Waals surface area contributed by atoms with Crippen molar-refractivity contribution >= 4 is 11.8 Å². The van der Waals surface area contributed by atoms with Gasteiger partial charge in [0.05, 0.1) is 6.10 Å². The average molecular weight is 344 g/mol. The van der Waals surface area contributed by atoms with Gasteiger partial charge < -0.3 is 15.0 Å². The molecule has 1 aliphatic carbocycles. The van der Waals surface area contributed by atoms with Crippen LogP contribution in [0.3, 0.4) is 0 Å². The van der Waals surface area contributed by atoms with Crippen molar-refractivity contribution in [3.63, 3.8) is 0 Å². The second kappa shape index (κ2) is 8.37. The van der Waals surface area contributed by atoms with Gasteiger partial charge >= 0.3 is 0 Å². The first-order valence-electron chi connectivity index (χ1n) is 9.44. The Labute approximate surface area is 149 Å². The maximum atomic E-state index is 12.3. The van der Waals surface area contributed by atoms with E-state index in [1.807, 2.05) is 24.3 Å². The lowest BCUT2D eigenvalue weighted by Gasteiger charge is -2.23. The number of nitrogens with one attached hydrogen (secondary N) is 1. The second-order valence-electron chi connectivity index (χ2n) is 7.11. The molecule has 1 saturated carbocycles. The fraction of sp³-hybridized carbons (Fsp3) is 0.600. The minimum atomic E-state index is -0.314. The van der Waals surface area contributed by atoms with Gasteiger partial charge in [-0.2, -0.15) is 0 Å². The van der Waals surface area contributed by atoms with Crippen LogP contribution in [0.25, 0.3) is 0 Å². The van der Waals surface area contributed by atoms with Crippen LogP contribution < -0.4 is 10.1 Å². The Morgan fingerprint density at radius 2 is 1.80 bits per heavy atom. The molecule has 3 rings (SSSR count). The first-order chi connectivity index (χ1) is 12.1. The first kappa shape index (κ1) is 17.8. The Morgan fingerprint density at radius 1 is 1.08 bits per heavy atom. The molecule has 2 aliphatic rings. The molecular weight excluding hydrogens is 316 g/mol. The zero-order chi connectivity index (χ0) is 17.6. The largest absolute Gasteiger partial charge is 0.490 e. The van der Waals surface area contributed by atoms with E-state index in [2.05, 4.69) is 5.32 Å². The molecule has 1 saturated heterocycles. The van der Waals surface area contributed by atoms with Crippen LogP contribution >= 0.6 is 0 Å². The van der Waals surface area contributed by atoms with Gasteiger partial charge in [0.15, 0.2) is 0 Å². The van der Waals surface area contributed by atoms with Crippen LogP contribution in [0.15, 0.2) is 24.3 Å². The highest BCUT2D eigenvalue weighted by Gasteiger charge is 2.31. The van der Waals surface area contributed by atoms with Crippen LogP contribution in [-0.2, 0) is 16.1 Å². The monoisotopic (exact) mass is 344 g/mol. The van der Waals surface area contributed by atoms with Crippen LogP contribution in [0.5, 0.6) is 5.75 Å². The van der Waals surface area contributed by atoms with Gasteiger partial charge in [-0.3, -0.25) is 9.59 Å². The summed E-state index contributed by atoms with van der Waals surface area (Å²) in [5.74, 6) is 0.817. The van der Waals surface area contributed by atoms with E-state index < -0.39 is 0 Å². The molecule has 2 amide bonds. The second-order valence-corrected chi connectivity index (χ2v) is 7.11. The van der Waals surface area contributed by atoms with E-state index in [0.29, 0.717) is 19.2 Å². The first-order valence-corrected chi connectivity index (χ1v) is 9.44. The van der Waals surface area contributed by atoms with Gasteiger partial charge in [0, 0.05) is 20.0 Å². The predicted octanol–water partition coefficient (Wildman–Crippen LogP) is 3.03. The van der Waals surface area contributed by atoms with Gasteiger partial charge in [-0.15, -0.1) is 0 Å². The van der Waals surface area contributed by atoms with E-state index in [4.69, 9.17) is 4.74 Å². The molecule has 1 heterocycles. The normalized spacial score (nSPS) is 21.2. The van der Waals surface area contributed by atoms with E-state index in [1.165, 1.54) is 26.2 Å². The van der Waals surface area contributed by atoms with Crippen molar-refractivity contribution in [3.8, 4) is 5.75 Å². The van der Waals surface area contributed by atoms with Crippen LogP contribution in [0, 0.1) is 0 Å². The molecule has 1 aromatic carbocycles. The molecular formula is C20H28N2O3. The highest BCUT2D eigenvalue weighted by Crippen LogP contribution is 2.23. The maximum Gasteiger partial charge on any atom is 0.243 e. The number of likely N-dealkylation sites (tertiary alicyclic amines) is 1. The molecule has 2 fully saturated rings. The molecule has 1 atom stereocenters.